The molecule has 7 nitrogen and oxygen atoms in total. The zero-order valence-corrected chi connectivity index (χ0v) is 15.0. The molecular formula is C17H22N2O5S. The van der Waals surface area contributed by atoms with Crippen molar-refractivity contribution in [3.63, 3.8) is 0 Å². The number of benzene rings is 1. The highest BCUT2D eigenvalue weighted by Crippen LogP contribution is 2.58. The van der Waals surface area contributed by atoms with E-state index in [1.807, 2.05) is 0 Å². The lowest BCUT2D eigenvalue weighted by molar-refractivity contribution is -0.140. The molecular weight excluding hydrogens is 344 g/mol. The molecule has 0 aromatic heterocycles. The van der Waals surface area contributed by atoms with Crippen LogP contribution in [0.1, 0.15) is 26.7 Å². The first-order valence-corrected chi connectivity index (χ1v) is 9.89. The maximum atomic E-state index is 12.3. The monoisotopic (exact) mass is 366 g/mol. The molecule has 1 aliphatic heterocycles. The van der Waals surface area contributed by atoms with E-state index in [9.17, 15) is 18.0 Å². The third-order valence-corrected chi connectivity index (χ3v) is 7.02. The minimum absolute atomic E-state index is 0.152. The average Bonchev–Trinajstić information content (AvgIpc) is 3.11. The summed E-state index contributed by atoms with van der Waals surface area (Å²) in [7, 11) is -3.27. The first-order chi connectivity index (χ1) is 11.6. The van der Waals surface area contributed by atoms with Gasteiger partial charge in [0.15, 0.2) is 0 Å². The maximum absolute atomic E-state index is 12.3. The molecule has 8 heteroatoms. The van der Waals surface area contributed by atoms with E-state index in [-0.39, 0.29) is 11.7 Å². The standard InChI is InChI=1S/C17H22N2O5S/c1-17(2)13(14(17)16(21)22)15(20)18-11-5-7-12(8-6-11)19-9-3-4-10-25(19,23)24/h5-8,13-14H,3-4,9-10H2,1-2H3,(H,18,20)(H,21,22)/t13-,14-/m1/s1. The summed E-state index contributed by atoms with van der Waals surface area (Å²) in [6, 6.07) is 6.60. The number of sulfonamides is 1. The van der Waals surface area contributed by atoms with Gasteiger partial charge in [-0.1, -0.05) is 13.8 Å². The van der Waals surface area contributed by atoms with E-state index < -0.39 is 33.2 Å². The smallest absolute Gasteiger partial charge is 0.307 e. The van der Waals surface area contributed by atoms with E-state index in [0.29, 0.717) is 24.3 Å². The summed E-state index contributed by atoms with van der Waals surface area (Å²) in [5, 5.41) is 11.9. The lowest BCUT2D eigenvalue weighted by atomic mass is 10.1. The van der Waals surface area contributed by atoms with Crippen molar-refractivity contribution in [1.82, 2.24) is 0 Å². The van der Waals surface area contributed by atoms with Crippen molar-refractivity contribution in [2.75, 3.05) is 21.9 Å². The van der Waals surface area contributed by atoms with Gasteiger partial charge in [0.1, 0.15) is 0 Å². The molecule has 1 amide bonds. The Hall–Kier alpha value is -2.09. The second-order valence-corrected chi connectivity index (χ2v) is 9.26. The zero-order valence-electron chi connectivity index (χ0n) is 14.2. The van der Waals surface area contributed by atoms with Crippen LogP contribution in [0.4, 0.5) is 11.4 Å². The average molecular weight is 366 g/mol. The van der Waals surface area contributed by atoms with Crippen molar-refractivity contribution >= 4 is 33.3 Å². The second kappa shape index (κ2) is 6.01. The number of carbonyl (C=O) groups excluding carboxylic acids is 1. The van der Waals surface area contributed by atoms with Gasteiger partial charge >= 0.3 is 5.97 Å². The predicted octanol–water partition coefficient (Wildman–Crippen LogP) is 1.91. The first kappa shape index (κ1) is 17.7. The number of aliphatic carboxylic acids is 1. The molecule has 2 atom stereocenters. The van der Waals surface area contributed by atoms with Crippen LogP contribution in [-0.2, 0) is 19.6 Å². The van der Waals surface area contributed by atoms with E-state index in [0.717, 1.165) is 6.42 Å². The fourth-order valence-electron chi connectivity index (χ4n) is 3.60. The van der Waals surface area contributed by atoms with Crippen LogP contribution in [0.25, 0.3) is 0 Å². The molecule has 1 saturated heterocycles. The summed E-state index contributed by atoms with van der Waals surface area (Å²) in [5.74, 6) is -2.37. The molecule has 2 N–H and O–H groups in total. The van der Waals surface area contributed by atoms with Crippen molar-refractivity contribution in [3.05, 3.63) is 24.3 Å². The summed E-state index contributed by atoms with van der Waals surface area (Å²) in [4.78, 5) is 23.5. The summed E-state index contributed by atoms with van der Waals surface area (Å²) in [6.07, 6.45) is 1.50. The van der Waals surface area contributed by atoms with Gasteiger partial charge < -0.3 is 10.4 Å². The minimum Gasteiger partial charge on any atom is -0.481 e. The molecule has 1 aromatic rings. The van der Waals surface area contributed by atoms with Crippen molar-refractivity contribution in [1.29, 1.82) is 0 Å². The van der Waals surface area contributed by atoms with Crippen molar-refractivity contribution < 1.29 is 23.1 Å². The largest absolute Gasteiger partial charge is 0.481 e. The number of carboxylic acid groups (broad SMARTS) is 1. The SMILES string of the molecule is CC1(C)[C@@H](C(=O)O)[C@@H]1C(=O)Nc1ccc(N2CCCCS2(=O)=O)cc1. The maximum Gasteiger partial charge on any atom is 0.307 e. The van der Waals surface area contributed by atoms with E-state index in [1.54, 1.807) is 38.1 Å². The highest BCUT2D eigenvalue weighted by Gasteiger charge is 2.65. The van der Waals surface area contributed by atoms with Gasteiger partial charge in [0, 0.05) is 12.2 Å². The number of anilines is 2. The van der Waals surface area contributed by atoms with Gasteiger partial charge in [0.05, 0.1) is 23.3 Å². The number of amides is 1. The molecule has 0 radical (unpaired) electrons. The number of carbonyl (C=O) groups is 2. The van der Waals surface area contributed by atoms with E-state index in [4.69, 9.17) is 5.11 Å². The summed E-state index contributed by atoms with van der Waals surface area (Å²) in [6.45, 7) is 3.99. The molecule has 2 fully saturated rings. The first-order valence-electron chi connectivity index (χ1n) is 8.29. The number of rotatable bonds is 4. The highest BCUT2D eigenvalue weighted by atomic mass is 32.2. The molecule has 1 saturated carbocycles. The van der Waals surface area contributed by atoms with Crippen LogP contribution in [0.5, 0.6) is 0 Å². The molecule has 1 aliphatic carbocycles. The molecule has 1 heterocycles. The lowest BCUT2D eigenvalue weighted by Crippen LogP contribution is -2.37. The third kappa shape index (κ3) is 3.22. The minimum atomic E-state index is -3.27. The van der Waals surface area contributed by atoms with Gasteiger partial charge in [0.2, 0.25) is 15.9 Å². The van der Waals surface area contributed by atoms with Gasteiger partial charge in [-0.2, -0.15) is 0 Å². The fraction of sp³-hybridized carbons (Fsp3) is 0.529. The Balaban J connectivity index is 1.69. The van der Waals surface area contributed by atoms with E-state index in [2.05, 4.69) is 5.32 Å². The molecule has 136 valence electrons. The van der Waals surface area contributed by atoms with Gasteiger partial charge in [-0.25, -0.2) is 8.42 Å². The number of carboxylic acids is 1. The van der Waals surface area contributed by atoms with Crippen LogP contribution in [0.15, 0.2) is 24.3 Å². The van der Waals surface area contributed by atoms with E-state index >= 15 is 0 Å². The molecule has 2 aliphatic rings. The van der Waals surface area contributed by atoms with Crippen LogP contribution in [0, 0.1) is 17.3 Å². The number of nitrogens with one attached hydrogen (secondary N) is 1. The van der Waals surface area contributed by atoms with Crippen molar-refractivity contribution in [2.24, 2.45) is 17.3 Å². The number of hydrogen-bond acceptors (Lipinski definition) is 4. The van der Waals surface area contributed by atoms with Gasteiger partial charge in [0.25, 0.3) is 0 Å². The third-order valence-electron chi connectivity index (χ3n) is 5.15. The van der Waals surface area contributed by atoms with Gasteiger partial charge in [-0.15, -0.1) is 0 Å². The quantitative estimate of drug-likeness (QED) is 0.847. The Morgan fingerprint density at radius 3 is 2.32 bits per heavy atom. The van der Waals surface area contributed by atoms with Gasteiger partial charge in [-0.3, -0.25) is 13.9 Å². The summed E-state index contributed by atoms with van der Waals surface area (Å²) < 4.78 is 25.6. The van der Waals surface area contributed by atoms with Gasteiger partial charge in [-0.05, 0) is 42.5 Å². The highest BCUT2D eigenvalue weighted by molar-refractivity contribution is 7.92. The fourth-order valence-corrected chi connectivity index (χ4v) is 5.24. The predicted molar refractivity (Wildman–Crippen MR) is 93.8 cm³/mol. The molecule has 0 bridgehead atoms. The van der Waals surface area contributed by atoms with Crippen LogP contribution >= 0.6 is 0 Å². The van der Waals surface area contributed by atoms with Crippen LogP contribution < -0.4 is 9.62 Å². The Labute approximate surface area is 147 Å². The zero-order chi connectivity index (χ0) is 18.4. The second-order valence-electron chi connectivity index (χ2n) is 7.25. The molecule has 0 spiro atoms. The summed E-state index contributed by atoms with van der Waals surface area (Å²) >= 11 is 0. The van der Waals surface area contributed by atoms with Crippen LogP contribution in [0.3, 0.4) is 0 Å². The lowest BCUT2D eigenvalue weighted by Gasteiger charge is -2.28. The Bertz CT molecular complexity index is 801. The normalized spacial score (nSPS) is 26.7. The molecule has 1 aromatic carbocycles. The molecule has 0 unspecified atom stereocenters. The Morgan fingerprint density at radius 2 is 1.80 bits per heavy atom. The summed E-state index contributed by atoms with van der Waals surface area (Å²) in [5.41, 5.74) is 0.542. The number of nitrogens with zero attached hydrogens (tertiary/aromatic N) is 1. The Kier molecular flexibility index (Phi) is 4.26. The topological polar surface area (TPSA) is 104 Å². The number of hydrogen-bond donors (Lipinski definition) is 2. The Morgan fingerprint density at radius 1 is 1.16 bits per heavy atom. The van der Waals surface area contributed by atoms with Crippen LogP contribution in [-0.4, -0.2) is 37.7 Å². The van der Waals surface area contributed by atoms with Crippen molar-refractivity contribution in [2.45, 2.75) is 26.7 Å². The van der Waals surface area contributed by atoms with E-state index in [1.165, 1.54) is 4.31 Å². The molecule has 3 rings (SSSR count). The molecule has 25 heavy (non-hydrogen) atoms. The van der Waals surface area contributed by atoms with Crippen molar-refractivity contribution in [3.8, 4) is 0 Å². The van der Waals surface area contributed by atoms with Crippen LogP contribution in [0.2, 0.25) is 0 Å².